The van der Waals surface area contributed by atoms with Crippen LogP contribution in [0.5, 0.6) is 0 Å². The van der Waals surface area contributed by atoms with Gasteiger partial charge in [-0.3, -0.25) is 4.79 Å². The Labute approximate surface area is 117 Å². The summed E-state index contributed by atoms with van der Waals surface area (Å²) in [4.78, 5) is 14.4. The molecular formula is C14H16ClNO3. The molecule has 1 saturated heterocycles. The molecule has 0 N–H and O–H groups in total. The van der Waals surface area contributed by atoms with E-state index in [0.29, 0.717) is 24.8 Å². The van der Waals surface area contributed by atoms with Crippen LogP contribution in [0.4, 0.5) is 5.69 Å². The first-order valence-corrected chi connectivity index (χ1v) is 6.97. The van der Waals surface area contributed by atoms with Crippen molar-refractivity contribution < 1.29 is 14.3 Å². The van der Waals surface area contributed by atoms with E-state index < -0.39 is 5.79 Å². The number of rotatable bonds is 3. The van der Waals surface area contributed by atoms with Gasteiger partial charge < -0.3 is 14.4 Å². The number of amides is 1. The fourth-order valence-corrected chi connectivity index (χ4v) is 2.95. The van der Waals surface area contributed by atoms with Gasteiger partial charge in [-0.05, 0) is 12.5 Å². The Kier molecular flexibility index (Phi) is 3.25. The van der Waals surface area contributed by atoms with Crippen molar-refractivity contribution in [3.05, 3.63) is 28.8 Å². The second-order valence-electron chi connectivity index (χ2n) is 4.76. The van der Waals surface area contributed by atoms with Crippen molar-refractivity contribution in [2.24, 2.45) is 0 Å². The lowest BCUT2D eigenvalue weighted by Gasteiger charge is -2.21. The van der Waals surface area contributed by atoms with Gasteiger partial charge in [-0.1, -0.05) is 37.1 Å². The van der Waals surface area contributed by atoms with Crippen LogP contribution in [0.3, 0.4) is 0 Å². The van der Waals surface area contributed by atoms with Crippen LogP contribution in [0.25, 0.3) is 0 Å². The maximum Gasteiger partial charge on any atom is 0.292 e. The maximum atomic E-state index is 12.7. The standard InChI is InChI=1S/C14H16ClNO3/c1-2-3-7-16-12-10(5-4-6-11(12)15)14(13(16)17)18-8-9-19-14/h4-6H,2-3,7-9H2,1H3. The molecule has 1 fully saturated rings. The molecule has 2 heterocycles. The van der Waals surface area contributed by atoms with E-state index in [1.54, 1.807) is 11.0 Å². The van der Waals surface area contributed by atoms with Gasteiger partial charge in [-0.15, -0.1) is 0 Å². The summed E-state index contributed by atoms with van der Waals surface area (Å²) in [7, 11) is 0. The Balaban J connectivity index is 2.09. The summed E-state index contributed by atoms with van der Waals surface area (Å²) in [6.45, 7) is 3.59. The Bertz CT molecular complexity index is 511. The fourth-order valence-electron chi connectivity index (χ4n) is 2.67. The van der Waals surface area contributed by atoms with Crippen LogP contribution in [-0.2, 0) is 20.1 Å². The highest BCUT2D eigenvalue weighted by Gasteiger charge is 2.56. The van der Waals surface area contributed by atoms with E-state index in [1.165, 1.54) is 0 Å². The lowest BCUT2D eigenvalue weighted by atomic mass is 10.1. The molecule has 3 rings (SSSR count). The molecule has 1 aromatic rings. The van der Waals surface area contributed by atoms with Crippen LogP contribution in [0.15, 0.2) is 18.2 Å². The van der Waals surface area contributed by atoms with E-state index in [2.05, 4.69) is 6.92 Å². The molecule has 4 nitrogen and oxygen atoms in total. The summed E-state index contributed by atoms with van der Waals surface area (Å²) in [6.07, 6.45) is 1.94. The summed E-state index contributed by atoms with van der Waals surface area (Å²) in [5, 5.41) is 0.568. The number of hydrogen-bond acceptors (Lipinski definition) is 3. The largest absolute Gasteiger partial charge is 0.336 e. The predicted molar refractivity (Wildman–Crippen MR) is 72.3 cm³/mol. The van der Waals surface area contributed by atoms with E-state index in [4.69, 9.17) is 21.1 Å². The van der Waals surface area contributed by atoms with E-state index in [9.17, 15) is 4.79 Å². The molecule has 2 aliphatic rings. The smallest absolute Gasteiger partial charge is 0.292 e. The van der Waals surface area contributed by atoms with Crippen LogP contribution in [0, 0.1) is 0 Å². The van der Waals surface area contributed by atoms with Gasteiger partial charge in [-0.25, -0.2) is 0 Å². The highest BCUT2D eigenvalue weighted by molar-refractivity contribution is 6.35. The number of ether oxygens (including phenoxy) is 2. The molecule has 0 atom stereocenters. The third kappa shape index (κ3) is 1.78. The Morgan fingerprint density at radius 1 is 1.37 bits per heavy atom. The lowest BCUT2D eigenvalue weighted by molar-refractivity contribution is -0.180. The van der Waals surface area contributed by atoms with Gasteiger partial charge in [0.05, 0.1) is 23.9 Å². The van der Waals surface area contributed by atoms with Gasteiger partial charge in [0.15, 0.2) is 0 Å². The van der Waals surface area contributed by atoms with Crippen molar-refractivity contribution in [1.82, 2.24) is 0 Å². The van der Waals surface area contributed by atoms with Crippen LogP contribution >= 0.6 is 11.6 Å². The first-order chi connectivity index (χ1) is 9.20. The minimum absolute atomic E-state index is 0.151. The van der Waals surface area contributed by atoms with Crippen LogP contribution in [0.2, 0.25) is 5.02 Å². The number of nitrogens with zero attached hydrogens (tertiary/aromatic N) is 1. The predicted octanol–water partition coefficient (Wildman–Crippen LogP) is 2.69. The second-order valence-corrected chi connectivity index (χ2v) is 5.17. The third-order valence-electron chi connectivity index (χ3n) is 3.57. The van der Waals surface area contributed by atoms with Gasteiger partial charge in [-0.2, -0.15) is 0 Å². The second kappa shape index (κ2) is 4.78. The topological polar surface area (TPSA) is 38.8 Å². The SMILES string of the molecule is CCCCN1C(=O)C2(OCCO2)c2cccc(Cl)c21. The first-order valence-electron chi connectivity index (χ1n) is 6.59. The molecule has 1 spiro atoms. The van der Waals surface area contributed by atoms with E-state index in [0.717, 1.165) is 24.1 Å². The van der Waals surface area contributed by atoms with Crippen molar-refractivity contribution in [2.45, 2.75) is 25.6 Å². The highest BCUT2D eigenvalue weighted by Crippen LogP contribution is 2.48. The maximum absolute atomic E-state index is 12.7. The number of anilines is 1. The summed E-state index contributed by atoms with van der Waals surface area (Å²) in [5.74, 6) is -1.41. The number of hydrogen-bond donors (Lipinski definition) is 0. The Morgan fingerprint density at radius 3 is 2.79 bits per heavy atom. The molecule has 0 bridgehead atoms. The van der Waals surface area contributed by atoms with Gasteiger partial charge in [0.2, 0.25) is 0 Å². The minimum Gasteiger partial charge on any atom is -0.336 e. The zero-order valence-electron chi connectivity index (χ0n) is 10.8. The number of unbranched alkanes of at least 4 members (excludes halogenated alkanes) is 1. The number of carbonyl (C=O) groups excluding carboxylic acids is 1. The summed E-state index contributed by atoms with van der Waals surface area (Å²) >= 11 is 6.27. The van der Waals surface area contributed by atoms with Crippen molar-refractivity contribution in [2.75, 3.05) is 24.7 Å². The number of halogens is 1. The molecule has 19 heavy (non-hydrogen) atoms. The molecule has 2 aliphatic heterocycles. The average molecular weight is 282 g/mol. The molecule has 0 saturated carbocycles. The minimum atomic E-state index is -1.26. The molecule has 0 unspecified atom stereocenters. The van der Waals surface area contributed by atoms with Gasteiger partial charge in [0.1, 0.15) is 0 Å². The number of para-hydroxylation sites is 1. The number of fused-ring (bicyclic) bond motifs is 2. The molecule has 0 aromatic heterocycles. The average Bonchev–Trinajstić information content (AvgIpc) is 2.98. The Morgan fingerprint density at radius 2 is 2.11 bits per heavy atom. The Hall–Kier alpha value is -1.10. The van der Waals surface area contributed by atoms with Gasteiger partial charge in [0.25, 0.3) is 11.7 Å². The van der Waals surface area contributed by atoms with Crippen LogP contribution in [0.1, 0.15) is 25.3 Å². The molecule has 0 radical (unpaired) electrons. The zero-order valence-corrected chi connectivity index (χ0v) is 11.6. The monoisotopic (exact) mass is 281 g/mol. The highest BCUT2D eigenvalue weighted by atomic mass is 35.5. The van der Waals surface area contributed by atoms with Gasteiger partial charge >= 0.3 is 0 Å². The van der Waals surface area contributed by atoms with E-state index >= 15 is 0 Å². The quantitative estimate of drug-likeness (QED) is 0.855. The molecular weight excluding hydrogens is 266 g/mol. The van der Waals surface area contributed by atoms with Crippen molar-refractivity contribution in [3.63, 3.8) is 0 Å². The number of carbonyl (C=O) groups is 1. The summed E-state index contributed by atoms with van der Waals surface area (Å²) in [6, 6.07) is 5.47. The zero-order chi connectivity index (χ0) is 13.5. The normalized spacial score (nSPS) is 20.3. The fraction of sp³-hybridized carbons (Fsp3) is 0.500. The molecule has 5 heteroatoms. The molecule has 102 valence electrons. The lowest BCUT2D eigenvalue weighted by Crippen LogP contribution is -2.41. The van der Waals surface area contributed by atoms with E-state index in [1.807, 2.05) is 12.1 Å². The van der Waals surface area contributed by atoms with Gasteiger partial charge in [0, 0.05) is 12.1 Å². The third-order valence-corrected chi connectivity index (χ3v) is 3.87. The van der Waals surface area contributed by atoms with Crippen LogP contribution < -0.4 is 4.90 Å². The van der Waals surface area contributed by atoms with Crippen molar-refractivity contribution in [3.8, 4) is 0 Å². The first kappa shape index (κ1) is 12.9. The van der Waals surface area contributed by atoms with Crippen molar-refractivity contribution in [1.29, 1.82) is 0 Å². The van der Waals surface area contributed by atoms with Crippen molar-refractivity contribution >= 4 is 23.2 Å². The molecule has 0 aliphatic carbocycles. The molecule has 1 amide bonds. The number of benzene rings is 1. The summed E-state index contributed by atoms with van der Waals surface area (Å²) < 4.78 is 11.3. The summed E-state index contributed by atoms with van der Waals surface area (Å²) in [5.41, 5.74) is 1.48. The molecule has 1 aromatic carbocycles. The van der Waals surface area contributed by atoms with E-state index in [-0.39, 0.29) is 5.91 Å². The van der Waals surface area contributed by atoms with Crippen LogP contribution in [-0.4, -0.2) is 25.7 Å².